The van der Waals surface area contributed by atoms with Crippen LogP contribution in [0.5, 0.6) is 5.75 Å². The number of hydrogen-bond donors (Lipinski definition) is 0. The first-order valence-electron chi connectivity index (χ1n) is 10.0. The minimum absolute atomic E-state index is 0.0327. The standard InChI is InChI=1S/C25H28O5/c1-17(23(26)28-4)13-21-22(25(21,2)3)24(27)30-16-19-10-8-9-18(14-19)15-29-20-11-6-5-7-12-20/h5-14,21-22H,15-16H2,1-4H3. The van der Waals surface area contributed by atoms with E-state index in [4.69, 9.17) is 14.2 Å². The SMILES string of the molecule is COC(=O)C(C)=CC1C(C(=O)OCc2cccc(COc3ccccc3)c2)C1(C)C. The van der Waals surface area contributed by atoms with E-state index in [9.17, 15) is 9.59 Å². The highest BCUT2D eigenvalue weighted by molar-refractivity contribution is 5.88. The third-order valence-corrected chi connectivity index (χ3v) is 5.62. The zero-order valence-corrected chi connectivity index (χ0v) is 17.9. The Bertz CT molecular complexity index is 930. The maximum atomic E-state index is 12.6. The largest absolute Gasteiger partial charge is 0.489 e. The molecule has 0 radical (unpaired) electrons. The molecule has 2 unspecified atom stereocenters. The lowest BCUT2D eigenvalue weighted by Crippen LogP contribution is -2.11. The third kappa shape index (κ3) is 5.09. The Morgan fingerprint density at radius 3 is 2.33 bits per heavy atom. The van der Waals surface area contributed by atoms with Crippen LogP contribution < -0.4 is 4.74 Å². The predicted molar refractivity (Wildman–Crippen MR) is 114 cm³/mol. The first kappa shape index (κ1) is 21.6. The van der Waals surface area contributed by atoms with Gasteiger partial charge in [-0.3, -0.25) is 4.79 Å². The average molecular weight is 408 g/mol. The van der Waals surface area contributed by atoms with Crippen LogP contribution in [-0.2, 0) is 32.3 Å². The van der Waals surface area contributed by atoms with Gasteiger partial charge in [-0.2, -0.15) is 0 Å². The third-order valence-electron chi connectivity index (χ3n) is 5.62. The molecule has 0 spiro atoms. The molecule has 3 rings (SSSR count). The Kier molecular flexibility index (Phi) is 6.60. The van der Waals surface area contributed by atoms with Gasteiger partial charge in [0.2, 0.25) is 0 Å². The second kappa shape index (κ2) is 9.16. The smallest absolute Gasteiger partial charge is 0.333 e. The fourth-order valence-electron chi connectivity index (χ4n) is 3.67. The molecule has 158 valence electrons. The number of methoxy groups -OCH3 is 1. The summed E-state index contributed by atoms with van der Waals surface area (Å²) in [6, 6.07) is 17.4. The van der Waals surface area contributed by atoms with Crippen molar-refractivity contribution in [2.24, 2.45) is 17.3 Å². The average Bonchev–Trinajstić information content (AvgIpc) is 3.30. The summed E-state index contributed by atoms with van der Waals surface area (Å²) < 4.78 is 16.1. The first-order chi connectivity index (χ1) is 14.3. The van der Waals surface area contributed by atoms with Gasteiger partial charge in [0, 0.05) is 5.57 Å². The van der Waals surface area contributed by atoms with E-state index in [0.717, 1.165) is 16.9 Å². The van der Waals surface area contributed by atoms with Crippen LogP contribution in [0, 0.1) is 17.3 Å². The van der Waals surface area contributed by atoms with E-state index in [0.29, 0.717) is 12.2 Å². The van der Waals surface area contributed by atoms with Gasteiger partial charge in [0.05, 0.1) is 13.0 Å². The molecule has 0 bridgehead atoms. The summed E-state index contributed by atoms with van der Waals surface area (Å²) in [6.45, 7) is 6.36. The van der Waals surface area contributed by atoms with Gasteiger partial charge in [0.1, 0.15) is 19.0 Å². The topological polar surface area (TPSA) is 61.8 Å². The van der Waals surface area contributed by atoms with Crippen molar-refractivity contribution in [3.05, 3.63) is 77.4 Å². The molecular weight excluding hydrogens is 380 g/mol. The van der Waals surface area contributed by atoms with E-state index in [2.05, 4.69) is 0 Å². The van der Waals surface area contributed by atoms with Crippen molar-refractivity contribution in [2.45, 2.75) is 34.0 Å². The van der Waals surface area contributed by atoms with E-state index < -0.39 is 0 Å². The second-order valence-corrected chi connectivity index (χ2v) is 8.20. The zero-order chi connectivity index (χ0) is 21.7. The highest BCUT2D eigenvalue weighted by Crippen LogP contribution is 2.59. The lowest BCUT2D eigenvalue weighted by atomic mass is 10.1. The summed E-state index contributed by atoms with van der Waals surface area (Å²) in [4.78, 5) is 24.3. The Labute approximate surface area is 177 Å². The minimum atomic E-state index is -0.376. The van der Waals surface area contributed by atoms with Crippen molar-refractivity contribution < 1.29 is 23.8 Å². The highest BCUT2D eigenvalue weighted by Gasteiger charge is 2.61. The van der Waals surface area contributed by atoms with Gasteiger partial charge in [0.25, 0.3) is 0 Å². The Morgan fingerprint density at radius 1 is 1.00 bits per heavy atom. The van der Waals surface area contributed by atoms with Crippen LogP contribution in [0.1, 0.15) is 31.9 Å². The van der Waals surface area contributed by atoms with Crippen molar-refractivity contribution in [1.82, 2.24) is 0 Å². The molecule has 1 fully saturated rings. The second-order valence-electron chi connectivity index (χ2n) is 8.20. The number of carbonyl (C=O) groups excluding carboxylic acids is 2. The summed E-state index contributed by atoms with van der Waals surface area (Å²) in [5, 5.41) is 0. The predicted octanol–water partition coefficient (Wildman–Crippen LogP) is 4.70. The van der Waals surface area contributed by atoms with Crippen LogP contribution in [0.2, 0.25) is 0 Å². The summed E-state index contributed by atoms with van der Waals surface area (Å²) >= 11 is 0. The lowest BCUT2D eigenvalue weighted by Gasteiger charge is -2.09. The Balaban J connectivity index is 1.55. The molecule has 2 atom stereocenters. The zero-order valence-electron chi connectivity index (χ0n) is 17.9. The van der Waals surface area contributed by atoms with E-state index in [1.807, 2.05) is 74.5 Å². The molecule has 1 aliphatic rings. The molecule has 0 saturated heterocycles. The van der Waals surface area contributed by atoms with Crippen molar-refractivity contribution in [3.8, 4) is 5.75 Å². The van der Waals surface area contributed by atoms with Crippen molar-refractivity contribution in [3.63, 3.8) is 0 Å². The van der Waals surface area contributed by atoms with Crippen LogP contribution in [0.3, 0.4) is 0 Å². The molecule has 0 N–H and O–H groups in total. The molecule has 0 aromatic heterocycles. The van der Waals surface area contributed by atoms with Crippen LogP contribution >= 0.6 is 0 Å². The first-order valence-corrected chi connectivity index (χ1v) is 10.0. The maximum absolute atomic E-state index is 12.6. The van der Waals surface area contributed by atoms with Gasteiger partial charge in [-0.1, -0.05) is 56.3 Å². The molecule has 2 aromatic rings. The number of benzene rings is 2. The number of esters is 2. The van der Waals surface area contributed by atoms with Crippen LogP contribution in [-0.4, -0.2) is 19.0 Å². The summed E-state index contributed by atoms with van der Waals surface area (Å²) in [7, 11) is 1.35. The van der Waals surface area contributed by atoms with Crippen molar-refractivity contribution >= 4 is 11.9 Å². The van der Waals surface area contributed by atoms with Crippen molar-refractivity contribution in [2.75, 3.05) is 7.11 Å². The fraction of sp³-hybridized carbons (Fsp3) is 0.360. The van der Waals surface area contributed by atoms with E-state index in [1.54, 1.807) is 6.92 Å². The Morgan fingerprint density at radius 2 is 1.67 bits per heavy atom. The molecule has 1 saturated carbocycles. The van der Waals surface area contributed by atoms with Gasteiger partial charge < -0.3 is 14.2 Å². The molecule has 5 heteroatoms. The number of para-hydroxylation sites is 1. The number of ether oxygens (including phenoxy) is 3. The van der Waals surface area contributed by atoms with Gasteiger partial charge in [-0.05, 0) is 47.6 Å². The number of carbonyl (C=O) groups is 2. The summed E-state index contributed by atoms with van der Waals surface area (Å²) in [6.07, 6.45) is 1.82. The van der Waals surface area contributed by atoms with Gasteiger partial charge in [-0.25, -0.2) is 4.79 Å². The molecule has 0 amide bonds. The van der Waals surface area contributed by atoms with Crippen LogP contribution in [0.4, 0.5) is 0 Å². The molecular formula is C25H28O5. The van der Waals surface area contributed by atoms with Gasteiger partial charge >= 0.3 is 11.9 Å². The highest BCUT2D eigenvalue weighted by atomic mass is 16.5. The van der Waals surface area contributed by atoms with E-state index >= 15 is 0 Å². The van der Waals surface area contributed by atoms with E-state index in [-0.39, 0.29) is 35.8 Å². The monoisotopic (exact) mass is 408 g/mol. The molecule has 0 aliphatic heterocycles. The summed E-state index contributed by atoms with van der Waals surface area (Å²) in [5.41, 5.74) is 2.19. The lowest BCUT2D eigenvalue weighted by molar-refractivity contribution is -0.147. The van der Waals surface area contributed by atoms with Gasteiger partial charge in [0.15, 0.2) is 0 Å². The molecule has 2 aromatic carbocycles. The van der Waals surface area contributed by atoms with E-state index in [1.165, 1.54) is 7.11 Å². The number of rotatable bonds is 8. The van der Waals surface area contributed by atoms with Crippen LogP contribution in [0.15, 0.2) is 66.2 Å². The number of hydrogen-bond acceptors (Lipinski definition) is 5. The quantitative estimate of drug-likeness (QED) is 0.468. The molecule has 1 aliphatic carbocycles. The van der Waals surface area contributed by atoms with Gasteiger partial charge in [-0.15, -0.1) is 0 Å². The van der Waals surface area contributed by atoms with Crippen molar-refractivity contribution in [1.29, 1.82) is 0 Å². The molecule has 30 heavy (non-hydrogen) atoms. The fourth-order valence-corrected chi connectivity index (χ4v) is 3.67. The maximum Gasteiger partial charge on any atom is 0.333 e. The Hall–Kier alpha value is -3.08. The van der Waals surface area contributed by atoms with Crippen LogP contribution in [0.25, 0.3) is 0 Å². The molecule has 5 nitrogen and oxygen atoms in total. The normalized spacial score (nSPS) is 19.7. The summed E-state index contributed by atoms with van der Waals surface area (Å²) in [5.74, 6) is -0.104. The minimum Gasteiger partial charge on any atom is -0.489 e. The number of allylic oxidation sites excluding steroid dienone is 1. The molecule has 0 heterocycles.